The van der Waals surface area contributed by atoms with Crippen LogP contribution in [0.5, 0.6) is 0 Å². The summed E-state index contributed by atoms with van der Waals surface area (Å²) >= 11 is 6.05. The number of rotatable bonds is 5. The maximum absolute atomic E-state index is 12.7. The van der Waals surface area contributed by atoms with E-state index in [4.69, 9.17) is 22.1 Å². The third-order valence-corrected chi connectivity index (χ3v) is 5.11. The summed E-state index contributed by atoms with van der Waals surface area (Å²) in [6.07, 6.45) is 3.63. The fourth-order valence-electron chi connectivity index (χ4n) is 3.32. The minimum absolute atomic E-state index is 0.137. The van der Waals surface area contributed by atoms with Crippen LogP contribution in [-0.2, 0) is 4.74 Å². The minimum atomic E-state index is -0.798. The molecule has 2 heterocycles. The van der Waals surface area contributed by atoms with E-state index in [1.165, 1.54) is 6.20 Å². The average molecular weight is 367 g/mol. The van der Waals surface area contributed by atoms with Crippen molar-refractivity contribution in [1.82, 2.24) is 10.3 Å². The fraction of sp³-hybridized carbons (Fsp3) is 0.588. The maximum atomic E-state index is 12.7. The van der Waals surface area contributed by atoms with E-state index >= 15 is 0 Å². The quantitative estimate of drug-likeness (QED) is 0.779. The van der Waals surface area contributed by atoms with Crippen molar-refractivity contribution in [1.29, 1.82) is 0 Å². The molecule has 0 spiro atoms. The topological polar surface area (TPSA) is 97.6 Å². The van der Waals surface area contributed by atoms with Crippen LogP contribution in [0.15, 0.2) is 12.3 Å². The van der Waals surface area contributed by atoms with Crippen molar-refractivity contribution in [2.75, 3.05) is 18.0 Å². The third-order valence-electron chi connectivity index (χ3n) is 4.90. The fourth-order valence-corrected chi connectivity index (χ4v) is 3.47. The zero-order chi connectivity index (χ0) is 18.2. The first-order chi connectivity index (χ1) is 11.8. The Kier molecular flexibility index (Phi) is 4.77. The molecule has 1 saturated carbocycles. The van der Waals surface area contributed by atoms with Crippen molar-refractivity contribution in [2.45, 2.75) is 44.8 Å². The van der Waals surface area contributed by atoms with Crippen LogP contribution >= 0.6 is 11.6 Å². The molecule has 1 aromatic heterocycles. The molecule has 0 bridgehead atoms. The van der Waals surface area contributed by atoms with Crippen molar-refractivity contribution < 1.29 is 14.3 Å². The van der Waals surface area contributed by atoms with E-state index in [0.717, 1.165) is 12.8 Å². The number of nitrogens with one attached hydrogen (secondary N) is 1. The molecule has 2 atom stereocenters. The Balaban J connectivity index is 1.80. The van der Waals surface area contributed by atoms with E-state index < -0.39 is 11.7 Å². The zero-order valence-corrected chi connectivity index (χ0v) is 15.2. The van der Waals surface area contributed by atoms with Crippen LogP contribution in [0.4, 0.5) is 10.5 Å². The molecular formula is C17H23ClN4O3. The molecule has 1 saturated heterocycles. The molecule has 3 rings (SSSR count). The number of nitrogens with two attached hydrogens (primary N) is 1. The maximum Gasteiger partial charge on any atom is 0.405 e. The monoisotopic (exact) mass is 366 g/mol. The summed E-state index contributed by atoms with van der Waals surface area (Å²) < 4.78 is 5.23. The number of nitrogens with zero attached hydrogens (tertiary/aromatic N) is 2. The summed E-state index contributed by atoms with van der Waals surface area (Å²) in [4.78, 5) is 29.8. The second-order valence-electron chi connectivity index (χ2n) is 7.17. The molecule has 1 aromatic rings. The summed E-state index contributed by atoms with van der Waals surface area (Å²) in [5, 5.41) is 3.35. The molecule has 1 aliphatic heterocycles. The number of halogens is 1. The highest BCUT2D eigenvalue weighted by Gasteiger charge is 2.38. The Hall–Kier alpha value is -2.02. The summed E-state index contributed by atoms with van der Waals surface area (Å²) in [7, 11) is 0. The lowest BCUT2D eigenvalue weighted by atomic mass is 10.1. The molecule has 136 valence electrons. The van der Waals surface area contributed by atoms with Gasteiger partial charge in [-0.3, -0.25) is 4.79 Å². The van der Waals surface area contributed by atoms with Gasteiger partial charge >= 0.3 is 6.09 Å². The largest absolute Gasteiger partial charge is 0.441 e. The Morgan fingerprint density at radius 3 is 2.88 bits per heavy atom. The number of aromatic nitrogens is 1. The number of carbonyl (C=O) groups excluding carboxylic acids is 2. The lowest BCUT2D eigenvalue weighted by Gasteiger charge is -2.26. The van der Waals surface area contributed by atoms with Gasteiger partial charge in [0.05, 0.1) is 17.8 Å². The van der Waals surface area contributed by atoms with Crippen LogP contribution in [0.2, 0.25) is 5.15 Å². The van der Waals surface area contributed by atoms with Crippen LogP contribution in [0, 0.1) is 5.92 Å². The standard InChI is InChI=1S/C17H23ClN4O3/c1-10(11-3-4-11)21-15(23)12-8-20-14(18)7-13(12)22-6-5-17(2,9-22)25-16(19)24/h7-8,10-11H,3-6,9H2,1-2H3,(H2,19,24)(H,21,23)/t10?,17-/m0/s1. The van der Waals surface area contributed by atoms with E-state index in [2.05, 4.69) is 10.3 Å². The van der Waals surface area contributed by atoms with Gasteiger partial charge in [0.2, 0.25) is 0 Å². The van der Waals surface area contributed by atoms with Gasteiger partial charge in [0, 0.05) is 25.2 Å². The van der Waals surface area contributed by atoms with Gasteiger partial charge in [-0.05, 0) is 38.7 Å². The first-order valence-corrected chi connectivity index (χ1v) is 8.85. The Morgan fingerprint density at radius 1 is 1.52 bits per heavy atom. The molecule has 8 heteroatoms. The lowest BCUT2D eigenvalue weighted by Crippen LogP contribution is -2.38. The zero-order valence-electron chi connectivity index (χ0n) is 14.4. The second kappa shape index (κ2) is 6.71. The van der Waals surface area contributed by atoms with Gasteiger partial charge in [0.25, 0.3) is 5.91 Å². The van der Waals surface area contributed by atoms with Crippen LogP contribution in [0.25, 0.3) is 0 Å². The van der Waals surface area contributed by atoms with E-state index in [9.17, 15) is 9.59 Å². The number of amides is 2. The van der Waals surface area contributed by atoms with Crippen LogP contribution in [0.1, 0.15) is 43.5 Å². The molecule has 0 radical (unpaired) electrons. The molecule has 1 aliphatic carbocycles. The number of ether oxygens (including phenoxy) is 1. The number of hydrogen-bond donors (Lipinski definition) is 2. The normalized spacial score (nSPS) is 24.0. The predicted molar refractivity (Wildman–Crippen MR) is 94.8 cm³/mol. The number of carbonyl (C=O) groups is 2. The molecule has 7 nitrogen and oxygen atoms in total. The Labute approximate surface area is 151 Å². The third kappa shape index (κ3) is 4.15. The van der Waals surface area contributed by atoms with Gasteiger partial charge in [0.15, 0.2) is 0 Å². The van der Waals surface area contributed by atoms with Crippen molar-refractivity contribution in [3.05, 3.63) is 23.0 Å². The van der Waals surface area contributed by atoms with Gasteiger partial charge < -0.3 is 20.7 Å². The SMILES string of the molecule is CC(NC(=O)c1cnc(Cl)cc1N1CC[C@](C)(OC(N)=O)C1)C1CC1. The number of anilines is 1. The van der Waals surface area contributed by atoms with Crippen LogP contribution in [0.3, 0.4) is 0 Å². The molecule has 3 N–H and O–H groups in total. The van der Waals surface area contributed by atoms with Gasteiger partial charge in [0.1, 0.15) is 10.8 Å². The van der Waals surface area contributed by atoms with E-state index in [1.807, 2.05) is 18.7 Å². The molecule has 0 aromatic carbocycles. The summed E-state index contributed by atoms with van der Waals surface area (Å²) in [5.41, 5.74) is 5.64. The van der Waals surface area contributed by atoms with E-state index in [1.54, 1.807) is 6.07 Å². The minimum Gasteiger partial charge on any atom is -0.441 e. The van der Waals surface area contributed by atoms with Gasteiger partial charge in [-0.2, -0.15) is 0 Å². The molecule has 2 aliphatic rings. The smallest absolute Gasteiger partial charge is 0.405 e. The molecule has 25 heavy (non-hydrogen) atoms. The number of pyridine rings is 1. The molecule has 2 amide bonds. The van der Waals surface area contributed by atoms with Crippen molar-refractivity contribution >= 4 is 29.3 Å². The van der Waals surface area contributed by atoms with E-state index in [0.29, 0.717) is 41.8 Å². The Bertz CT molecular complexity index is 694. The molecule has 1 unspecified atom stereocenters. The van der Waals surface area contributed by atoms with Gasteiger partial charge in [-0.15, -0.1) is 0 Å². The van der Waals surface area contributed by atoms with E-state index in [-0.39, 0.29) is 11.9 Å². The first-order valence-electron chi connectivity index (χ1n) is 8.47. The summed E-state index contributed by atoms with van der Waals surface area (Å²) in [5.74, 6) is 0.398. The summed E-state index contributed by atoms with van der Waals surface area (Å²) in [6, 6.07) is 1.81. The van der Waals surface area contributed by atoms with Crippen LogP contribution < -0.4 is 16.0 Å². The highest BCUT2D eigenvalue weighted by molar-refractivity contribution is 6.29. The van der Waals surface area contributed by atoms with Gasteiger partial charge in [-0.25, -0.2) is 9.78 Å². The highest BCUT2D eigenvalue weighted by Crippen LogP contribution is 2.34. The van der Waals surface area contributed by atoms with Crippen molar-refractivity contribution in [2.24, 2.45) is 11.7 Å². The molecular weight excluding hydrogens is 344 g/mol. The second-order valence-corrected chi connectivity index (χ2v) is 7.55. The molecule has 2 fully saturated rings. The van der Waals surface area contributed by atoms with Gasteiger partial charge in [-0.1, -0.05) is 11.6 Å². The predicted octanol–water partition coefficient (Wildman–Crippen LogP) is 2.33. The van der Waals surface area contributed by atoms with Crippen LogP contribution in [-0.4, -0.2) is 41.7 Å². The van der Waals surface area contributed by atoms with Crippen molar-refractivity contribution in [3.8, 4) is 0 Å². The first kappa shape index (κ1) is 17.8. The lowest BCUT2D eigenvalue weighted by molar-refractivity contribution is 0.0480. The number of primary amides is 1. The van der Waals surface area contributed by atoms with Crippen molar-refractivity contribution in [3.63, 3.8) is 0 Å². The number of hydrogen-bond acceptors (Lipinski definition) is 5. The average Bonchev–Trinajstić information content (AvgIpc) is 3.30. The summed E-state index contributed by atoms with van der Waals surface area (Å²) in [6.45, 7) is 4.92. The Morgan fingerprint density at radius 2 is 2.24 bits per heavy atom. The highest BCUT2D eigenvalue weighted by atomic mass is 35.5.